The van der Waals surface area contributed by atoms with Crippen molar-refractivity contribution in [1.82, 2.24) is 15.5 Å². The minimum Gasteiger partial charge on any atom is -0.481 e. The van der Waals surface area contributed by atoms with Crippen molar-refractivity contribution >= 4 is 41.4 Å². The zero-order chi connectivity index (χ0) is 22.1. The molecule has 29 heavy (non-hydrogen) atoms. The fraction of sp³-hybridized carbons (Fsp3) is 0.706. The number of carboxylic acids is 2. The number of rotatable bonds is 11. The number of likely N-dealkylation sites (tertiary alicyclic amines) is 1. The average molecular weight is 432 g/mol. The Morgan fingerprint density at radius 1 is 1.17 bits per heavy atom. The van der Waals surface area contributed by atoms with Gasteiger partial charge in [0.05, 0.1) is 12.5 Å². The quantitative estimate of drug-likeness (QED) is 0.263. The smallest absolute Gasteiger partial charge is 0.326 e. The summed E-state index contributed by atoms with van der Waals surface area (Å²) in [7, 11) is 0. The molecule has 6 N–H and O–H groups in total. The second-order valence-electron chi connectivity index (χ2n) is 6.81. The van der Waals surface area contributed by atoms with Gasteiger partial charge in [0.15, 0.2) is 0 Å². The lowest BCUT2D eigenvalue weighted by atomic mass is 10.1. The van der Waals surface area contributed by atoms with Crippen LogP contribution in [0.5, 0.6) is 0 Å². The van der Waals surface area contributed by atoms with E-state index in [9.17, 15) is 29.1 Å². The highest BCUT2D eigenvalue weighted by molar-refractivity contribution is 7.98. The summed E-state index contributed by atoms with van der Waals surface area (Å²) in [6.45, 7) is 1.64. The lowest BCUT2D eigenvalue weighted by Gasteiger charge is -2.26. The van der Waals surface area contributed by atoms with Crippen LogP contribution >= 0.6 is 11.8 Å². The number of nitrogens with one attached hydrogen (secondary N) is 2. The first-order valence-electron chi connectivity index (χ1n) is 9.18. The van der Waals surface area contributed by atoms with E-state index in [4.69, 9.17) is 10.8 Å². The Hall–Kier alpha value is -2.34. The first kappa shape index (κ1) is 24.7. The molecule has 12 heteroatoms. The van der Waals surface area contributed by atoms with Crippen molar-refractivity contribution in [3.05, 3.63) is 0 Å². The number of hydrogen-bond donors (Lipinski definition) is 5. The van der Waals surface area contributed by atoms with Gasteiger partial charge in [0.1, 0.15) is 18.1 Å². The van der Waals surface area contributed by atoms with Gasteiger partial charge in [-0.2, -0.15) is 11.8 Å². The highest BCUT2D eigenvalue weighted by Crippen LogP contribution is 2.18. The van der Waals surface area contributed by atoms with Gasteiger partial charge >= 0.3 is 11.9 Å². The number of carboxylic acid groups (broad SMARTS) is 2. The molecule has 1 aliphatic rings. The van der Waals surface area contributed by atoms with E-state index in [1.165, 1.54) is 23.6 Å². The van der Waals surface area contributed by atoms with E-state index in [-0.39, 0.29) is 6.54 Å². The van der Waals surface area contributed by atoms with Crippen LogP contribution in [-0.4, -0.2) is 87.5 Å². The minimum atomic E-state index is -1.41. The highest BCUT2D eigenvalue weighted by Gasteiger charge is 2.37. The first-order valence-corrected chi connectivity index (χ1v) is 10.6. The normalized spacial score (nSPS) is 19.1. The SMILES string of the molecule is CSCCC(N)C(=O)NC(CC(=O)O)C(=O)NC(C)C(=O)N1CCCC1C(=O)O. The third-order valence-corrected chi connectivity index (χ3v) is 5.18. The Balaban J connectivity index is 2.76. The fourth-order valence-electron chi connectivity index (χ4n) is 2.95. The van der Waals surface area contributed by atoms with Crippen molar-refractivity contribution in [3.8, 4) is 0 Å². The molecule has 0 spiro atoms. The van der Waals surface area contributed by atoms with Crippen LogP contribution < -0.4 is 16.4 Å². The van der Waals surface area contributed by atoms with Crippen LogP contribution in [-0.2, 0) is 24.0 Å². The minimum absolute atomic E-state index is 0.260. The van der Waals surface area contributed by atoms with Crippen LogP contribution in [0.4, 0.5) is 0 Å². The maximum absolute atomic E-state index is 12.5. The van der Waals surface area contributed by atoms with Crippen molar-refractivity contribution in [2.45, 2.75) is 56.8 Å². The largest absolute Gasteiger partial charge is 0.481 e. The predicted molar refractivity (Wildman–Crippen MR) is 105 cm³/mol. The zero-order valence-corrected chi connectivity index (χ0v) is 17.2. The number of thioether (sulfide) groups is 1. The van der Waals surface area contributed by atoms with Gasteiger partial charge in [-0.15, -0.1) is 0 Å². The molecule has 0 aliphatic carbocycles. The molecule has 0 radical (unpaired) electrons. The summed E-state index contributed by atoms with van der Waals surface area (Å²) >= 11 is 1.49. The van der Waals surface area contributed by atoms with Gasteiger partial charge in [-0.3, -0.25) is 19.2 Å². The molecule has 0 aromatic carbocycles. The first-order chi connectivity index (χ1) is 13.6. The number of amides is 3. The molecule has 1 heterocycles. The lowest BCUT2D eigenvalue weighted by Crippen LogP contribution is -2.56. The summed E-state index contributed by atoms with van der Waals surface area (Å²) in [5.74, 6) is -3.91. The molecular weight excluding hydrogens is 404 g/mol. The van der Waals surface area contributed by atoms with Crippen molar-refractivity contribution in [1.29, 1.82) is 0 Å². The molecular formula is C17H28N4O7S. The van der Waals surface area contributed by atoms with Crippen molar-refractivity contribution < 1.29 is 34.2 Å². The summed E-state index contributed by atoms with van der Waals surface area (Å²) < 4.78 is 0. The van der Waals surface area contributed by atoms with E-state index in [0.29, 0.717) is 25.0 Å². The number of carbonyl (C=O) groups excluding carboxylic acids is 3. The monoisotopic (exact) mass is 432 g/mol. The molecule has 1 rings (SSSR count). The van der Waals surface area contributed by atoms with Crippen LogP contribution in [0.25, 0.3) is 0 Å². The Labute approximate surface area is 172 Å². The van der Waals surface area contributed by atoms with E-state index < -0.39 is 60.2 Å². The van der Waals surface area contributed by atoms with Crippen molar-refractivity contribution in [3.63, 3.8) is 0 Å². The highest BCUT2D eigenvalue weighted by atomic mass is 32.2. The molecule has 0 saturated carbocycles. The van der Waals surface area contributed by atoms with Crippen LogP contribution in [0, 0.1) is 0 Å². The Bertz CT molecular complexity index is 645. The summed E-state index contributed by atoms with van der Waals surface area (Å²) in [4.78, 5) is 60.6. The van der Waals surface area contributed by atoms with Crippen LogP contribution in [0.3, 0.4) is 0 Å². The predicted octanol–water partition coefficient (Wildman–Crippen LogP) is -1.39. The maximum Gasteiger partial charge on any atom is 0.326 e. The molecule has 164 valence electrons. The van der Waals surface area contributed by atoms with Crippen LogP contribution in [0.1, 0.15) is 32.6 Å². The third-order valence-electron chi connectivity index (χ3n) is 4.53. The Morgan fingerprint density at radius 2 is 1.83 bits per heavy atom. The number of hydrogen-bond acceptors (Lipinski definition) is 7. The van der Waals surface area contributed by atoms with Gasteiger partial charge in [-0.25, -0.2) is 4.79 Å². The fourth-order valence-corrected chi connectivity index (χ4v) is 3.44. The molecule has 4 unspecified atom stereocenters. The van der Waals surface area contributed by atoms with Gasteiger partial charge in [0.2, 0.25) is 17.7 Å². The van der Waals surface area contributed by atoms with Gasteiger partial charge in [-0.1, -0.05) is 0 Å². The Kier molecular flexibility index (Phi) is 9.89. The number of aliphatic carboxylic acids is 2. The molecule has 4 atom stereocenters. The maximum atomic E-state index is 12.5. The topological polar surface area (TPSA) is 179 Å². The molecule has 0 aromatic heterocycles. The van der Waals surface area contributed by atoms with E-state index in [0.717, 1.165) is 0 Å². The van der Waals surface area contributed by atoms with E-state index in [1.54, 1.807) is 0 Å². The van der Waals surface area contributed by atoms with Gasteiger partial charge in [-0.05, 0) is 38.2 Å². The van der Waals surface area contributed by atoms with Gasteiger partial charge < -0.3 is 31.5 Å². The number of nitrogens with zero attached hydrogens (tertiary/aromatic N) is 1. The van der Waals surface area contributed by atoms with Crippen LogP contribution in [0.15, 0.2) is 0 Å². The molecule has 1 saturated heterocycles. The Morgan fingerprint density at radius 3 is 2.38 bits per heavy atom. The average Bonchev–Trinajstić information content (AvgIpc) is 3.14. The van der Waals surface area contributed by atoms with Crippen molar-refractivity contribution in [2.75, 3.05) is 18.6 Å². The summed E-state index contributed by atoms with van der Waals surface area (Å²) in [6.07, 6.45) is 2.38. The van der Waals surface area contributed by atoms with Gasteiger partial charge in [0.25, 0.3) is 0 Å². The zero-order valence-electron chi connectivity index (χ0n) is 16.4. The molecule has 11 nitrogen and oxygen atoms in total. The molecule has 1 aliphatic heterocycles. The molecule has 1 fully saturated rings. The lowest BCUT2D eigenvalue weighted by molar-refractivity contribution is -0.149. The molecule has 3 amide bonds. The van der Waals surface area contributed by atoms with Gasteiger partial charge in [0, 0.05) is 6.54 Å². The van der Waals surface area contributed by atoms with E-state index in [2.05, 4.69) is 10.6 Å². The molecule has 0 aromatic rings. The standard InChI is InChI=1S/C17H28N4O7S/c1-9(16(26)21-6-3-4-12(21)17(27)28)19-15(25)11(8-13(22)23)20-14(24)10(18)5-7-29-2/h9-12H,3-8,18H2,1-2H3,(H,19,25)(H,20,24)(H,22,23)(H,27,28). The third kappa shape index (κ3) is 7.54. The second kappa shape index (κ2) is 11.6. The second-order valence-corrected chi connectivity index (χ2v) is 7.79. The van der Waals surface area contributed by atoms with Crippen LogP contribution in [0.2, 0.25) is 0 Å². The summed E-state index contributed by atoms with van der Waals surface area (Å²) in [6, 6.07) is -4.34. The summed E-state index contributed by atoms with van der Waals surface area (Å²) in [5.41, 5.74) is 5.74. The number of nitrogens with two attached hydrogens (primary N) is 1. The van der Waals surface area contributed by atoms with Crippen molar-refractivity contribution in [2.24, 2.45) is 5.73 Å². The van der Waals surface area contributed by atoms with E-state index >= 15 is 0 Å². The van der Waals surface area contributed by atoms with E-state index in [1.807, 2.05) is 6.26 Å². The molecule has 0 bridgehead atoms. The number of carbonyl (C=O) groups is 5. The summed E-state index contributed by atoms with van der Waals surface area (Å²) in [5, 5.41) is 22.9.